The van der Waals surface area contributed by atoms with E-state index in [0.717, 1.165) is 17.7 Å². The number of hydrogen-bond donors (Lipinski definition) is 0. The number of esters is 1. The summed E-state index contributed by atoms with van der Waals surface area (Å²) in [5.41, 5.74) is 0.782. The molecule has 0 fully saturated rings. The standard InChI is InChI=1S/C11H12N2O4S/c1-7(2)12-18-10-5-4-8(11(14)17-3)6-9(10)13(15)16/h4-6H,1-3H3. The number of rotatable bonds is 4. The zero-order valence-electron chi connectivity index (χ0n) is 10.2. The van der Waals surface area contributed by atoms with Gasteiger partial charge in [-0.05, 0) is 26.0 Å². The fraction of sp³-hybridized carbons (Fsp3) is 0.273. The topological polar surface area (TPSA) is 81.8 Å². The van der Waals surface area contributed by atoms with Crippen LogP contribution in [0.5, 0.6) is 0 Å². The number of carbonyl (C=O) groups excluding carboxylic acids is 1. The summed E-state index contributed by atoms with van der Waals surface area (Å²) in [6.07, 6.45) is 0. The molecule has 0 amide bonds. The number of carbonyl (C=O) groups is 1. The third kappa shape index (κ3) is 3.56. The van der Waals surface area contributed by atoms with E-state index >= 15 is 0 Å². The maximum atomic E-state index is 11.3. The summed E-state index contributed by atoms with van der Waals surface area (Å²) in [4.78, 5) is 22.0. The molecule has 0 bridgehead atoms. The van der Waals surface area contributed by atoms with Crippen molar-refractivity contribution in [1.82, 2.24) is 0 Å². The van der Waals surface area contributed by atoms with E-state index in [-0.39, 0.29) is 11.3 Å². The first-order valence-corrected chi connectivity index (χ1v) is 5.78. The molecular formula is C11H12N2O4S. The zero-order valence-corrected chi connectivity index (χ0v) is 11.0. The first-order chi connectivity index (χ1) is 8.45. The quantitative estimate of drug-likeness (QED) is 0.276. The van der Waals surface area contributed by atoms with Crippen LogP contribution in [0.15, 0.2) is 27.5 Å². The van der Waals surface area contributed by atoms with Crippen molar-refractivity contribution in [3.63, 3.8) is 0 Å². The van der Waals surface area contributed by atoms with Crippen LogP contribution in [0, 0.1) is 10.1 Å². The van der Waals surface area contributed by atoms with Crippen LogP contribution in [0.4, 0.5) is 5.69 Å². The van der Waals surface area contributed by atoms with Crippen molar-refractivity contribution in [2.24, 2.45) is 4.40 Å². The Hall–Kier alpha value is -1.89. The van der Waals surface area contributed by atoms with Gasteiger partial charge in [-0.15, -0.1) is 0 Å². The molecule has 1 rings (SSSR count). The monoisotopic (exact) mass is 268 g/mol. The van der Waals surface area contributed by atoms with Gasteiger partial charge in [-0.2, -0.15) is 0 Å². The fourth-order valence-corrected chi connectivity index (χ4v) is 1.76. The number of ether oxygens (including phenoxy) is 1. The summed E-state index contributed by atoms with van der Waals surface area (Å²) < 4.78 is 8.56. The zero-order chi connectivity index (χ0) is 13.7. The summed E-state index contributed by atoms with van der Waals surface area (Å²) in [6, 6.07) is 4.15. The van der Waals surface area contributed by atoms with Crippen LogP contribution in [0.25, 0.3) is 0 Å². The Kier molecular flexibility index (Phi) is 4.85. The van der Waals surface area contributed by atoms with E-state index in [0.29, 0.717) is 4.90 Å². The molecule has 0 heterocycles. The van der Waals surface area contributed by atoms with E-state index in [1.165, 1.54) is 25.3 Å². The first kappa shape index (κ1) is 14.2. The smallest absolute Gasteiger partial charge is 0.338 e. The van der Waals surface area contributed by atoms with E-state index in [9.17, 15) is 14.9 Å². The normalized spacial score (nSPS) is 9.72. The molecule has 0 saturated carbocycles. The summed E-state index contributed by atoms with van der Waals surface area (Å²) in [7, 11) is 1.22. The number of nitro groups is 1. The van der Waals surface area contributed by atoms with Crippen molar-refractivity contribution in [3.05, 3.63) is 33.9 Å². The van der Waals surface area contributed by atoms with E-state index in [1.54, 1.807) is 13.8 Å². The van der Waals surface area contributed by atoms with Gasteiger partial charge in [0.1, 0.15) is 4.90 Å². The molecule has 0 atom stereocenters. The third-order valence-electron chi connectivity index (χ3n) is 1.90. The summed E-state index contributed by atoms with van der Waals surface area (Å²) in [5, 5.41) is 10.9. The Morgan fingerprint density at radius 1 is 1.44 bits per heavy atom. The lowest BCUT2D eigenvalue weighted by Gasteiger charge is -2.02. The molecule has 0 radical (unpaired) electrons. The number of benzene rings is 1. The van der Waals surface area contributed by atoms with Crippen molar-refractivity contribution in [2.45, 2.75) is 18.7 Å². The highest BCUT2D eigenvalue weighted by Crippen LogP contribution is 2.31. The van der Waals surface area contributed by atoms with E-state index in [4.69, 9.17) is 0 Å². The summed E-state index contributed by atoms with van der Waals surface area (Å²) in [6.45, 7) is 3.59. The first-order valence-electron chi connectivity index (χ1n) is 5.00. The molecule has 1 aromatic carbocycles. The van der Waals surface area contributed by atoms with E-state index < -0.39 is 10.9 Å². The van der Waals surface area contributed by atoms with Crippen LogP contribution in [-0.4, -0.2) is 23.7 Å². The molecule has 0 saturated heterocycles. The van der Waals surface area contributed by atoms with Crippen molar-refractivity contribution < 1.29 is 14.5 Å². The van der Waals surface area contributed by atoms with Gasteiger partial charge in [-0.3, -0.25) is 10.1 Å². The molecule has 0 aliphatic rings. The number of methoxy groups -OCH3 is 1. The lowest BCUT2D eigenvalue weighted by Crippen LogP contribution is -2.02. The van der Waals surface area contributed by atoms with Crippen LogP contribution < -0.4 is 0 Å². The second-order valence-electron chi connectivity index (χ2n) is 3.56. The number of hydrogen-bond acceptors (Lipinski definition) is 6. The molecule has 0 spiro atoms. The van der Waals surface area contributed by atoms with Crippen LogP contribution in [0.2, 0.25) is 0 Å². The second kappa shape index (κ2) is 6.15. The van der Waals surface area contributed by atoms with Gasteiger partial charge in [0.2, 0.25) is 0 Å². The van der Waals surface area contributed by atoms with E-state index in [1.807, 2.05) is 0 Å². The highest BCUT2D eigenvalue weighted by Gasteiger charge is 2.18. The molecular weight excluding hydrogens is 256 g/mol. The molecule has 0 N–H and O–H groups in total. The average molecular weight is 268 g/mol. The van der Waals surface area contributed by atoms with Crippen molar-refractivity contribution in [2.75, 3.05) is 7.11 Å². The minimum Gasteiger partial charge on any atom is -0.465 e. The van der Waals surface area contributed by atoms with E-state index in [2.05, 4.69) is 9.13 Å². The predicted octanol–water partition coefficient (Wildman–Crippen LogP) is 2.87. The molecule has 0 aliphatic heterocycles. The molecule has 0 aliphatic carbocycles. The van der Waals surface area contributed by atoms with Crippen molar-refractivity contribution >= 4 is 29.3 Å². The van der Waals surface area contributed by atoms with Crippen LogP contribution in [0.1, 0.15) is 24.2 Å². The van der Waals surface area contributed by atoms with Gasteiger partial charge >= 0.3 is 5.97 Å². The van der Waals surface area contributed by atoms with Crippen LogP contribution in [0.3, 0.4) is 0 Å². The third-order valence-corrected chi connectivity index (χ3v) is 2.90. The fourth-order valence-electron chi connectivity index (χ4n) is 1.12. The highest BCUT2D eigenvalue weighted by molar-refractivity contribution is 7.98. The Morgan fingerprint density at radius 2 is 2.11 bits per heavy atom. The molecule has 96 valence electrons. The van der Waals surface area contributed by atoms with Gasteiger partial charge in [0.15, 0.2) is 0 Å². The van der Waals surface area contributed by atoms with Gasteiger partial charge < -0.3 is 4.74 Å². The minimum absolute atomic E-state index is 0.144. The van der Waals surface area contributed by atoms with Crippen LogP contribution in [-0.2, 0) is 4.74 Å². The van der Waals surface area contributed by atoms with Gasteiger partial charge in [0.05, 0.1) is 17.6 Å². The predicted molar refractivity (Wildman–Crippen MR) is 69.1 cm³/mol. The van der Waals surface area contributed by atoms with Crippen molar-refractivity contribution in [3.8, 4) is 0 Å². The molecule has 7 heteroatoms. The Morgan fingerprint density at radius 3 is 2.61 bits per heavy atom. The maximum absolute atomic E-state index is 11.3. The molecule has 1 aromatic rings. The average Bonchev–Trinajstić information content (AvgIpc) is 2.34. The molecule has 0 unspecified atom stereocenters. The SMILES string of the molecule is COC(=O)c1ccc(SN=C(C)C)c([N+](=O)[O-])c1. The number of nitro benzene ring substituents is 1. The summed E-state index contributed by atoms with van der Waals surface area (Å²) in [5.74, 6) is -0.607. The lowest BCUT2D eigenvalue weighted by atomic mass is 10.2. The number of nitrogens with zero attached hydrogens (tertiary/aromatic N) is 2. The minimum atomic E-state index is -0.607. The molecule has 6 nitrogen and oxygen atoms in total. The summed E-state index contributed by atoms with van der Waals surface area (Å²) >= 11 is 1.01. The van der Waals surface area contributed by atoms with Gasteiger partial charge in [0.25, 0.3) is 5.69 Å². The maximum Gasteiger partial charge on any atom is 0.338 e. The lowest BCUT2D eigenvalue weighted by molar-refractivity contribution is -0.387. The van der Waals surface area contributed by atoms with Gasteiger partial charge in [-0.1, -0.05) is 0 Å². The van der Waals surface area contributed by atoms with Crippen molar-refractivity contribution in [1.29, 1.82) is 0 Å². The van der Waals surface area contributed by atoms with Gasteiger partial charge in [-0.25, -0.2) is 9.19 Å². The largest absolute Gasteiger partial charge is 0.465 e. The van der Waals surface area contributed by atoms with Crippen LogP contribution >= 0.6 is 11.9 Å². The molecule has 18 heavy (non-hydrogen) atoms. The Bertz CT molecular complexity index is 510. The van der Waals surface area contributed by atoms with Gasteiger partial charge in [0, 0.05) is 23.7 Å². The highest BCUT2D eigenvalue weighted by atomic mass is 32.2. The Balaban J connectivity index is 3.16. The molecule has 0 aromatic heterocycles. The second-order valence-corrected chi connectivity index (χ2v) is 4.37. The Labute approximate surface area is 108 Å².